The first-order chi connectivity index (χ1) is 10.8. The molecular weight excluding hydrogens is 288 g/mol. The van der Waals surface area contributed by atoms with Crippen molar-refractivity contribution >= 4 is 11.3 Å². The van der Waals surface area contributed by atoms with Gasteiger partial charge < -0.3 is 4.90 Å². The summed E-state index contributed by atoms with van der Waals surface area (Å²) in [7, 11) is 2.27. The van der Waals surface area contributed by atoms with Gasteiger partial charge in [0.2, 0.25) is 0 Å². The molecule has 1 aliphatic carbocycles. The minimum atomic E-state index is 0.894. The minimum Gasteiger partial charge on any atom is -0.303 e. The topological polar surface area (TPSA) is 16.1 Å². The number of aromatic nitrogens is 1. The monoisotopic (exact) mass is 314 g/mol. The molecule has 0 saturated heterocycles. The summed E-state index contributed by atoms with van der Waals surface area (Å²) < 4.78 is 0. The lowest BCUT2D eigenvalue weighted by atomic mass is 10.1. The van der Waals surface area contributed by atoms with Crippen molar-refractivity contribution in [2.24, 2.45) is 0 Å². The maximum Gasteiger partial charge on any atom is 0.123 e. The molecule has 1 heterocycles. The van der Waals surface area contributed by atoms with Crippen molar-refractivity contribution in [1.29, 1.82) is 0 Å². The lowest BCUT2D eigenvalue weighted by Gasteiger charge is -2.14. The molecule has 22 heavy (non-hydrogen) atoms. The van der Waals surface area contributed by atoms with Crippen LogP contribution in [0.3, 0.4) is 0 Å². The van der Waals surface area contributed by atoms with Crippen LogP contribution in [0.1, 0.15) is 43.0 Å². The van der Waals surface area contributed by atoms with E-state index in [1.165, 1.54) is 54.7 Å². The molecule has 0 atom stereocenters. The highest BCUT2D eigenvalue weighted by Gasteiger charge is 2.25. The van der Waals surface area contributed by atoms with Gasteiger partial charge in [-0.1, -0.05) is 31.2 Å². The normalized spacial score (nSPS) is 14.7. The summed E-state index contributed by atoms with van der Waals surface area (Å²) in [5, 5.41) is 1.15. The van der Waals surface area contributed by atoms with E-state index in [0.29, 0.717) is 0 Å². The van der Waals surface area contributed by atoms with Crippen LogP contribution in [0, 0.1) is 0 Å². The Balaban J connectivity index is 1.46. The molecule has 0 radical (unpaired) electrons. The van der Waals surface area contributed by atoms with Crippen LogP contribution in [0.4, 0.5) is 0 Å². The second-order valence-corrected chi connectivity index (χ2v) is 7.47. The fourth-order valence-corrected chi connectivity index (χ4v) is 3.66. The lowest BCUT2D eigenvalue weighted by molar-refractivity contribution is 0.316. The third-order valence-corrected chi connectivity index (χ3v) is 5.69. The van der Waals surface area contributed by atoms with Crippen molar-refractivity contribution in [2.45, 2.75) is 51.5 Å². The Morgan fingerprint density at radius 2 is 1.95 bits per heavy atom. The molecule has 1 fully saturated rings. The summed E-state index contributed by atoms with van der Waals surface area (Å²) in [6.45, 7) is 3.43. The van der Waals surface area contributed by atoms with Crippen LogP contribution in [0.25, 0.3) is 10.6 Å². The largest absolute Gasteiger partial charge is 0.303 e. The van der Waals surface area contributed by atoms with Gasteiger partial charge >= 0.3 is 0 Å². The van der Waals surface area contributed by atoms with E-state index in [0.717, 1.165) is 17.5 Å². The molecule has 0 N–H and O–H groups in total. The van der Waals surface area contributed by atoms with E-state index in [1.54, 1.807) is 0 Å². The van der Waals surface area contributed by atoms with E-state index in [4.69, 9.17) is 0 Å². The number of nitrogens with zero attached hydrogens (tertiary/aromatic N) is 2. The molecule has 3 heteroatoms. The maximum atomic E-state index is 4.52. The van der Waals surface area contributed by atoms with Gasteiger partial charge in [-0.3, -0.25) is 0 Å². The molecule has 0 aliphatic heterocycles. The molecule has 0 spiro atoms. The third kappa shape index (κ3) is 4.17. The SMILES string of the molecule is CCc1cnc(-c2ccc(CCCCN(C)C3CC3)cc2)s1. The Bertz CT molecular complexity index is 584. The average molecular weight is 314 g/mol. The number of aryl methyl sites for hydroxylation is 2. The Morgan fingerprint density at radius 3 is 2.59 bits per heavy atom. The van der Waals surface area contributed by atoms with Gasteiger partial charge in [0, 0.05) is 22.7 Å². The maximum absolute atomic E-state index is 4.52. The first-order valence-corrected chi connectivity index (χ1v) is 9.32. The van der Waals surface area contributed by atoms with E-state index in [1.807, 2.05) is 17.5 Å². The van der Waals surface area contributed by atoms with Crippen LogP contribution in [0.2, 0.25) is 0 Å². The Morgan fingerprint density at radius 1 is 1.18 bits per heavy atom. The smallest absolute Gasteiger partial charge is 0.123 e. The van der Waals surface area contributed by atoms with Gasteiger partial charge in [-0.25, -0.2) is 4.98 Å². The molecule has 1 aromatic carbocycles. The Labute approximate surface area is 138 Å². The lowest BCUT2D eigenvalue weighted by Crippen LogP contribution is -2.21. The molecule has 0 unspecified atom stereocenters. The van der Waals surface area contributed by atoms with E-state index in [2.05, 4.69) is 48.1 Å². The van der Waals surface area contributed by atoms with E-state index < -0.39 is 0 Å². The van der Waals surface area contributed by atoms with Gasteiger partial charge in [0.1, 0.15) is 5.01 Å². The summed E-state index contributed by atoms with van der Waals surface area (Å²) in [5.41, 5.74) is 2.70. The highest BCUT2D eigenvalue weighted by Crippen LogP contribution is 2.26. The Hall–Kier alpha value is -1.19. The molecule has 2 nitrogen and oxygen atoms in total. The fraction of sp³-hybridized carbons (Fsp3) is 0.526. The molecule has 1 saturated carbocycles. The summed E-state index contributed by atoms with van der Waals surface area (Å²) in [6.07, 6.45) is 9.68. The van der Waals surface area contributed by atoms with Crippen LogP contribution >= 0.6 is 11.3 Å². The number of hydrogen-bond donors (Lipinski definition) is 0. The van der Waals surface area contributed by atoms with Gasteiger partial charge in [-0.05, 0) is 57.7 Å². The first-order valence-electron chi connectivity index (χ1n) is 8.50. The van der Waals surface area contributed by atoms with Crippen molar-refractivity contribution in [3.63, 3.8) is 0 Å². The summed E-state index contributed by atoms with van der Waals surface area (Å²) in [4.78, 5) is 8.40. The van der Waals surface area contributed by atoms with Crippen molar-refractivity contribution < 1.29 is 0 Å². The third-order valence-electron chi connectivity index (χ3n) is 4.50. The quantitative estimate of drug-likeness (QED) is 0.651. The molecule has 2 aromatic rings. The fourth-order valence-electron chi connectivity index (χ4n) is 2.81. The molecular formula is C19H26N2S. The number of unbranched alkanes of at least 4 members (excludes halogenated alkanes) is 1. The van der Waals surface area contributed by atoms with Crippen LogP contribution in [-0.2, 0) is 12.8 Å². The van der Waals surface area contributed by atoms with Gasteiger partial charge in [-0.15, -0.1) is 11.3 Å². The summed E-state index contributed by atoms with van der Waals surface area (Å²) in [5.74, 6) is 0. The first kappa shape index (κ1) is 15.7. The standard InChI is InChI=1S/C19H26N2S/c1-3-18-14-20-19(22-18)16-9-7-15(8-10-16)6-4-5-13-21(2)17-11-12-17/h7-10,14,17H,3-6,11-13H2,1-2H3. The molecule has 3 rings (SSSR count). The molecule has 0 amide bonds. The zero-order valence-electron chi connectivity index (χ0n) is 13.7. The second kappa shape index (κ2) is 7.38. The zero-order chi connectivity index (χ0) is 15.4. The number of benzene rings is 1. The van der Waals surface area contributed by atoms with Crippen LogP contribution in [0.15, 0.2) is 30.5 Å². The van der Waals surface area contributed by atoms with Crippen LogP contribution in [-0.4, -0.2) is 29.5 Å². The van der Waals surface area contributed by atoms with E-state index >= 15 is 0 Å². The van der Waals surface area contributed by atoms with Crippen molar-refractivity contribution in [3.05, 3.63) is 40.9 Å². The van der Waals surface area contributed by atoms with Crippen LogP contribution < -0.4 is 0 Å². The number of thiazole rings is 1. The molecule has 118 valence electrons. The summed E-state index contributed by atoms with van der Waals surface area (Å²) >= 11 is 1.81. The van der Waals surface area contributed by atoms with E-state index in [-0.39, 0.29) is 0 Å². The second-order valence-electron chi connectivity index (χ2n) is 6.35. The van der Waals surface area contributed by atoms with Crippen molar-refractivity contribution in [1.82, 2.24) is 9.88 Å². The average Bonchev–Trinajstić information content (AvgIpc) is 3.30. The number of rotatable bonds is 8. The predicted molar refractivity (Wildman–Crippen MR) is 95.5 cm³/mol. The van der Waals surface area contributed by atoms with Crippen LogP contribution in [0.5, 0.6) is 0 Å². The minimum absolute atomic E-state index is 0.894. The van der Waals surface area contributed by atoms with Gasteiger partial charge in [0.25, 0.3) is 0 Å². The molecule has 1 aliphatic rings. The summed E-state index contributed by atoms with van der Waals surface area (Å²) in [6, 6.07) is 9.89. The zero-order valence-corrected chi connectivity index (χ0v) is 14.5. The van der Waals surface area contributed by atoms with Gasteiger partial charge in [0.15, 0.2) is 0 Å². The van der Waals surface area contributed by atoms with Gasteiger partial charge in [-0.2, -0.15) is 0 Å². The predicted octanol–water partition coefficient (Wildman–Crippen LogP) is 4.79. The van der Waals surface area contributed by atoms with Crippen molar-refractivity contribution in [3.8, 4) is 10.6 Å². The van der Waals surface area contributed by atoms with Crippen molar-refractivity contribution in [2.75, 3.05) is 13.6 Å². The molecule has 1 aromatic heterocycles. The van der Waals surface area contributed by atoms with Gasteiger partial charge in [0.05, 0.1) is 0 Å². The number of hydrogen-bond acceptors (Lipinski definition) is 3. The molecule has 0 bridgehead atoms. The Kier molecular flexibility index (Phi) is 5.27. The van der Waals surface area contributed by atoms with E-state index in [9.17, 15) is 0 Å². The highest BCUT2D eigenvalue weighted by atomic mass is 32.1. The highest BCUT2D eigenvalue weighted by molar-refractivity contribution is 7.15.